The van der Waals surface area contributed by atoms with Gasteiger partial charge in [0, 0.05) is 26.4 Å². The number of nitrogens with one attached hydrogen (secondary N) is 2. The summed E-state index contributed by atoms with van der Waals surface area (Å²) < 4.78 is 5.27. The number of likely N-dealkylation sites (tertiary alicyclic amines) is 1. The van der Waals surface area contributed by atoms with Crippen LogP contribution in [0.15, 0.2) is 29.3 Å². The molecular weight excluding hydrogens is 532 g/mol. The molecule has 13 heteroatoms. The number of aliphatic imine (C=N–C) groups is 1. The number of ether oxygens (including phenoxy) is 1. The molecule has 41 heavy (non-hydrogen) atoms. The lowest BCUT2D eigenvalue weighted by atomic mass is 10.0. The van der Waals surface area contributed by atoms with Crippen LogP contribution in [0.2, 0.25) is 0 Å². The molecule has 1 fully saturated rings. The Labute approximate surface area is 240 Å². The van der Waals surface area contributed by atoms with Gasteiger partial charge in [0.2, 0.25) is 11.8 Å². The number of esters is 1. The van der Waals surface area contributed by atoms with Crippen LogP contribution >= 0.6 is 0 Å². The Kier molecular flexibility index (Phi) is 13.0. The van der Waals surface area contributed by atoms with Gasteiger partial charge in [-0.2, -0.15) is 0 Å². The topological polar surface area (TPSA) is 207 Å². The normalized spacial score (nSPS) is 16.8. The number of benzene rings is 1. The summed E-state index contributed by atoms with van der Waals surface area (Å²) in [6, 6.07) is 3.62. The lowest BCUT2D eigenvalue weighted by Crippen LogP contribution is -2.56. The minimum absolute atomic E-state index is 0.0214. The number of rotatable bonds is 15. The first-order valence-electron chi connectivity index (χ1n) is 13.8. The van der Waals surface area contributed by atoms with Crippen molar-refractivity contribution < 1.29 is 33.8 Å². The first-order valence-corrected chi connectivity index (χ1v) is 13.8. The lowest BCUT2D eigenvalue weighted by molar-refractivity contribution is -0.154. The molecule has 4 unspecified atom stereocenters. The van der Waals surface area contributed by atoms with Gasteiger partial charge >= 0.3 is 5.97 Å². The summed E-state index contributed by atoms with van der Waals surface area (Å²) >= 11 is 0. The van der Waals surface area contributed by atoms with Gasteiger partial charge in [-0.1, -0.05) is 26.0 Å². The molecule has 0 spiro atoms. The zero-order valence-corrected chi connectivity index (χ0v) is 23.9. The molecule has 226 valence electrons. The van der Waals surface area contributed by atoms with Crippen molar-refractivity contribution in [2.24, 2.45) is 22.4 Å². The number of phenols is 1. The summed E-state index contributed by atoms with van der Waals surface area (Å²) in [5, 5.41) is 15.0. The van der Waals surface area contributed by atoms with Crippen LogP contribution in [0, 0.1) is 5.92 Å². The molecule has 0 radical (unpaired) electrons. The van der Waals surface area contributed by atoms with E-state index in [9.17, 15) is 29.1 Å². The second-order valence-electron chi connectivity index (χ2n) is 10.5. The predicted octanol–water partition coefficient (Wildman–Crippen LogP) is 0.126. The molecule has 1 saturated heterocycles. The van der Waals surface area contributed by atoms with E-state index in [4.69, 9.17) is 16.2 Å². The van der Waals surface area contributed by atoms with E-state index >= 15 is 0 Å². The highest BCUT2D eigenvalue weighted by Crippen LogP contribution is 2.21. The van der Waals surface area contributed by atoms with Crippen molar-refractivity contribution in [1.29, 1.82) is 0 Å². The van der Waals surface area contributed by atoms with E-state index < -0.39 is 47.9 Å². The third-order valence-corrected chi connectivity index (χ3v) is 6.58. The van der Waals surface area contributed by atoms with Crippen LogP contribution < -0.4 is 22.1 Å². The van der Waals surface area contributed by atoms with Crippen LogP contribution in [0.5, 0.6) is 5.75 Å². The molecule has 1 aromatic carbocycles. The van der Waals surface area contributed by atoms with Crippen molar-refractivity contribution in [1.82, 2.24) is 15.5 Å². The Balaban J connectivity index is 2.13. The third kappa shape index (κ3) is 11.1. The molecule has 1 aliphatic heterocycles. The smallest absolute Gasteiger partial charge is 0.303 e. The van der Waals surface area contributed by atoms with Crippen molar-refractivity contribution in [2.45, 2.75) is 83.5 Å². The maximum atomic E-state index is 13.7. The Hall–Kier alpha value is -4.16. The van der Waals surface area contributed by atoms with Crippen molar-refractivity contribution in [2.75, 3.05) is 13.1 Å². The Morgan fingerprint density at radius 3 is 2.44 bits per heavy atom. The maximum absolute atomic E-state index is 13.7. The number of phenolic OH excluding ortho intramolecular Hbond substituents is 1. The van der Waals surface area contributed by atoms with Gasteiger partial charge in [0.1, 0.15) is 24.1 Å². The van der Waals surface area contributed by atoms with E-state index in [-0.39, 0.29) is 24.0 Å². The summed E-state index contributed by atoms with van der Waals surface area (Å²) in [4.78, 5) is 68.7. The number of guanidine groups is 1. The number of nitrogens with zero attached hydrogens (tertiary/aromatic N) is 2. The summed E-state index contributed by atoms with van der Waals surface area (Å²) in [6.07, 6.45) is 1.57. The molecule has 3 amide bonds. The number of hydrogen-bond acceptors (Lipinski definition) is 8. The standard InChI is InChI=1S/C28H42N6O7/c1-17(2)14-22(33-26(39)24(41-18(3)36)15-19-8-10-21(37)11-9-19)27(40)34-13-5-7-23(34)25(38)32-20(16-35)6-4-12-31-28(29)30/h8-11,16-17,20,22-24,37H,4-7,12-15H2,1-3H3,(H,32,38)(H,33,39)(H4,29,30,31). The first-order chi connectivity index (χ1) is 19.4. The molecule has 7 N–H and O–H groups in total. The number of carbonyl (C=O) groups excluding carboxylic acids is 5. The van der Waals surface area contributed by atoms with Crippen molar-refractivity contribution in [3.63, 3.8) is 0 Å². The number of aromatic hydroxyl groups is 1. The van der Waals surface area contributed by atoms with Crippen LogP contribution in [0.4, 0.5) is 0 Å². The lowest BCUT2D eigenvalue weighted by Gasteiger charge is -2.30. The molecule has 0 aromatic heterocycles. The largest absolute Gasteiger partial charge is 0.508 e. The third-order valence-electron chi connectivity index (χ3n) is 6.58. The van der Waals surface area contributed by atoms with Crippen molar-refractivity contribution in [3.8, 4) is 5.75 Å². The van der Waals surface area contributed by atoms with E-state index in [2.05, 4.69) is 15.6 Å². The number of amides is 3. The van der Waals surface area contributed by atoms with Crippen molar-refractivity contribution in [3.05, 3.63) is 29.8 Å². The minimum Gasteiger partial charge on any atom is -0.508 e. The van der Waals surface area contributed by atoms with E-state index in [1.54, 1.807) is 12.1 Å². The van der Waals surface area contributed by atoms with Gasteiger partial charge in [0.05, 0.1) is 6.04 Å². The van der Waals surface area contributed by atoms with Gasteiger partial charge < -0.3 is 41.6 Å². The number of hydrogen-bond donors (Lipinski definition) is 5. The quantitative estimate of drug-likeness (QED) is 0.0633. The highest BCUT2D eigenvalue weighted by atomic mass is 16.5. The molecule has 1 aliphatic rings. The Morgan fingerprint density at radius 1 is 1.17 bits per heavy atom. The predicted molar refractivity (Wildman–Crippen MR) is 151 cm³/mol. The van der Waals surface area contributed by atoms with Gasteiger partial charge in [-0.25, -0.2) is 0 Å². The van der Waals surface area contributed by atoms with Crippen LogP contribution in [0.3, 0.4) is 0 Å². The average Bonchev–Trinajstić information content (AvgIpc) is 3.40. The average molecular weight is 575 g/mol. The molecule has 1 aromatic rings. The fourth-order valence-electron chi connectivity index (χ4n) is 4.67. The minimum atomic E-state index is -1.20. The molecule has 0 aliphatic carbocycles. The van der Waals surface area contributed by atoms with Gasteiger partial charge in [0.15, 0.2) is 12.1 Å². The van der Waals surface area contributed by atoms with Crippen LogP contribution in [0.1, 0.15) is 58.4 Å². The summed E-state index contributed by atoms with van der Waals surface area (Å²) in [6.45, 7) is 5.62. The molecule has 0 bridgehead atoms. The number of aldehydes is 1. The number of nitrogens with two attached hydrogens (primary N) is 2. The molecule has 13 nitrogen and oxygen atoms in total. The van der Waals surface area contributed by atoms with Gasteiger partial charge in [-0.3, -0.25) is 24.2 Å². The summed E-state index contributed by atoms with van der Waals surface area (Å²) in [5.74, 6) is -2.16. The monoisotopic (exact) mass is 574 g/mol. The highest BCUT2D eigenvalue weighted by Gasteiger charge is 2.39. The molecular formula is C28H42N6O7. The van der Waals surface area contributed by atoms with E-state index in [1.165, 1.54) is 24.0 Å². The maximum Gasteiger partial charge on any atom is 0.303 e. The first kappa shape index (κ1) is 33.0. The van der Waals surface area contributed by atoms with E-state index in [0.29, 0.717) is 57.0 Å². The van der Waals surface area contributed by atoms with Crippen LogP contribution in [0.25, 0.3) is 0 Å². The summed E-state index contributed by atoms with van der Waals surface area (Å²) in [7, 11) is 0. The SMILES string of the molecule is CC(=O)OC(Cc1ccc(O)cc1)C(=O)NC(CC(C)C)C(=O)N1CCCC1C(=O)NC(C=O)CCCN=C(N)N. The van der Waals surface area contributed by atoms with Crippen LogP contribution in [-0.2, 0) is 35.1 Å². The van der Waals surface area contributed by atoms with Crippen molar-refractivity contribution >= 4 is 35.9 Å². The van der Waals surface area contributed by atoms with E-state index in [1.807, 2.05) is 13.8 Å². The zero-order chi connectivity index (χ0) is 30.5. The molecule has 0 saturated carbocycles. The zero-order valence-electron chi connectivity index (χ0n) is 23.9. The number of carbonyl (C=O) groups is 5. The second-order valence-corrected chi connectivity index (χ2v) is 10.5. The van der Waals surface area contributed by atoms with Gasteiger partial charge in [0.25, 0.3) is 5.91 Å². The Morgan fingerprint density at radius 2 is 1.85 bits per heavy atom. The molecule has 2 rings (SSSR count). The Bertz CT molecular complexity index is 1090. The van der Waals surface area contributed by atoms with E-state index in [0.717, 1.165) is 0 Å². The highest BCUT2D eigenvalue weighted by molar-refractivity contribution is 5.94. The van der Waals surface area contributed by atoms with Gasteiger partial charge in [-0.15, -0.1) is 0 Å². The fraction of sp³-hybridized carbons (Fsp3) is 0.571. The fourth-order valence-corrected chi connectivity index (χ4v) is 4.67. The second kappa shape index (κ2) is 16.2. The molecule has 1 heterocycles. The van der Waals surface area contributed by atoms with Gasteiger partial charge in [-0.05, 0) is 55.7 Å². The van der Waals surface area contributed by atoms with Crippen LogP contribution in [-0.4, -0.2) is 83.3 Å². The summed E-state index contributed by atoms with van der Waals surface area (Å²) in [5.41, 5.74) is 11.3. The molecule has 4 atom stereocenters.